The van der Waals surface area contributed by atoms with Crippen LogP contribution in [0.4, 0.5) is 11.4 Å². The second kappa shape index (κ2) is 9.82. The van der Waals surface area contributed by atoms with Crippen molar-refractivity contribution in [3.05, 3.63) is 93.3 Å². The van der Waals surface area contributed by atoms with Gasteiger partial charge in [-0.2, -0.15) is 0 Å². The molecule has 0 saturated heterocycles. The number of halogens is 2. The third-order valence-corrected chi connectivity index (χ3v) is 7.67. The molecule has 0 aliphatic rings. The molecular weight excluding hydrogens is 513 g/mol. The Morgan fingerprint density at radius 2 is 1.64 bits per heavy atom. The van der Waals surface area contributed by atoms with Gasteiger partial charge in [-0.25, -0.2) is 4.98 Å². The Balaban J connectivity index is 1.65. The molecule has 1 amide bonds. The number of aromatic nitrogens is 1. The summed E-state index contributed by atoms with van der Waals surface area (Å²) < 4.78 is 5.32. The van der Waals surface area contributed by atoms with E-state index >= 15 is 0 Å². The highest BCUT2D eigenvalue weighted by Gasteiger charge is 2.22. The van der Waals surface area contributed by atoms with Crippen molar-refractivity contribution in [3.63, 3.8) is 0 Å². The number of amides is 1. The van der Waals surface area contributed by atoms with E-state index in [2.05, 4.69) is 5.32 Å². The van der Waals surface area contributed by atoms with E-state index in [0.717, 1.165) is 39.1 Å². The summed E-state index contributed by atoms with van der Waals surface area (Å²) >= 11 is 13.4. The fraction of sp³-hybridized carbons (Fsp3) is 0.0714. The highest BCUT2D eigenvalue weighted by molar-refractivity contribution is 7.21. The van der Waals surface area contributed by atoms with Gasteiger partial charge in [-0.15, -0.1) is 11.3 Å². The fourth-order valence-corrected chi connectivity index (χ4v) is 5.24. The van der Waals surface area contributed by atoms with Gasteiger partial charge in [0.1, 0.15) is 15.5 Å². The van der Waals surface area contributed by atoms with Gasteiger partial charge in [0, 0.05) is 16.6 Å². The van der Waals surface area contributed by atoms with Crippen LogP contribution >= 0.6 is 34.5 Å². The van der Waals surface area contributed by atoms with Gasteiger partial charge in [-0.05, 0) is 54.4 Å². The minimum atomic E-state index is -0.341. The first-order valence-electron chi connectivity index (χ1n) is 11.0. The molecule has 180 valence electrons. The van der Waals surface area contributed by atoms with Crippen molar-refractivity contribution in [2.75, 3.05) is 18.2 Å². The number of nitrogens with one attached hydrogen (secondary N) is 1. The third-order valence-electron chi connectivity index (χ3n) is 5.83. The molecule has 8 heteroatoms. The minimum absolute atomic E-state index is 0.341. The Labute approximate surface area is 222 Å². The van der Waals surface area contributed by atoms with Crippen molar-refractivity contribution >= 4 is 62.0 Å². The van der Waals surface area contributed by atoms with Crippen molar-refractivity contribution in [3.8, 4) is 28.1 Å². The first-order valence-corrected chi connectivity index (χ1v) is 12.6. The minimum Gasteiger partial charge on any atom is -0.497 e. The number of carbonyl (C=O) groups excluding carboxylic acids is 1. The molecule has 3 N–H and O–H groups in total. The lowest BCUT2D eigenvalue weighted by atomic mass is 9.99. The molecular formula is C28H21Cl2N3O2S. The lowest BCUT2D eigenvalue weighted by Crippen LogP contribution is -2.11. The smallest absolute Gasteiger partial charge is 0.267 e. The van der Waals surface area contributed by atoms with E-state index in [1.165, 1.54) is 11.3 Å². The molecule has 2 heterocycles. The maximum absolute atomic E-state index is 13.2. The molecule has 0 aliphatic carbocycles. The predicted molar refractivity (Wildman–Crippen MR) is 151 cm³/mol. The van der Waals surface area contributed by atoms with Crippen LogP contribution in [0.2, 0.25) is 10.0 Å². The van der Waals surface area contributed by atoms with Crippen LogP contribution in [0.25, 0.3) is 32.6 Å². The SMILES string of the molecule is COc1ccc(-c2cc(-c3ccc(C)cc3)nc3sc(C(=O)Nc4ccc(Cl)c(Cl)c4)c(N)c23)cc1. The van der Waals surface area contributed by atoms with Gasteiger partial charge >= 0.3 is 0 Å². The van der Waals surface area contributed by atoms with Crippen molar-refractivity contribution in [1.82, 2.24) is 4.98 Å². The van der Waals surface area contributed by atoms with E-state index in [1.54, 1.807) is 25.3 Å². The summed E-state index contributed by atoms with van der Waals surface area (Å²) in [5.74, 6) is 0.411. The number of pyridine rings is 1. The van der Waals surface area contributed by atoms with Gasteiger partial charge in [0.2, 0.25) is 0 Å². The molecule has 0 radical (unpaired) electrons. The van der Waals surface area contributed by atoms with Gasteiger partial charge < -0.3 is 15.8 Å². The largest absolute Gasteiger partial charge is 0.497 e. The second-order valence-corrected chi connectivity index (χ2v) is 10.1. The summed E-state index contributed by atoms with van der Waals surface area (Å²) in [4.78, 5) is 19.2. The number of carbonyl (C=O) groups is 1. The number of aryl methyl sites for hydroxylation is 1. The molecule has 0 saturated carbocycles. The summed E-state index contributed by atoms with van der Waals surface area (Å²) in [7, 11) is 1.63. The zero-order valence-electron chi connectivity index (χ0n) is 19.4. The Morgan fingerprint density at radius 3 is 2.31 bits per heavy atom. The molecule has 0 bridgehead atoms. The molecule has 0 atom stereocenters. The van der Waals surface area contributed by atoms with Crippen LogP contribution in [0.1, 0.15) is 15.2 Å². The van der Waals surface area contributed by atoms with Gasteiger partial charge in [0.25, 0.3) is 5.91 Å². The lowest BCUT2D eigenvalue weighted by Gasteiger charge is -2.10. The number of rotatable bonds is 5. The molecule has 5 nitrogen and oxygen atoms in total. The molecule has 0 spiro atoms. The number of hydrogen-bond donors (Lipinski definition) is 2. The molecule has 2 aromatic heterocycles. The first kappa shape index (κ1) is 24.1. The average molecular weight is 534 g/mol. The highest BCUT2D eigenvalue weighted by atomic mass is 35.5. The Bertz CT molecular complexity index is 1600. The molecule has 3 aromatic carbocycles. The number of nitrogens with zero attached hydrogens (tertiary/aromatic N) is 1. The third kappa shape index (κ3) is 4.63. The molecule has 5 rings (SSSR count). The Morgan fingerprint density at radius 1 is 0.944 bits per heavy atom. The predicted octanol–water partition coefficient (Wildman–Crippen LogP) is 8.09. The van der Waals surface area contributed by atoms with Gasteiger partial charge in [-0.1, -0.05) is 65.2 Å². The summed E-state index contributed by atoms with van der Waals surface area (Å²) in [5, 5.41) is 4.36. The molecule has 0 aliphatic heterocycles. The van der Waals surface area contributed by atoms with E-state index in [1.807, 2.05) is 61.5 Å². The molecule has 36 heavy (non-hydrogen) atoms. The van der Waals surface area contributed by atoms with Crippen molar-refractivity contribution in [1.29, 1.82) is 0 Å². The van der Waals surface area contributed by atoms with Crippen LogP contribution in [-0.2, 0) is 0 Å². The summed E-state index contributed by atoms with van der Waals surface area (Å²) in [5.41, 5.74) is 12.3. The van der Waals surface area contributed by atoms with Crippen molar-refractivity contribution < 1.29 is 9.53 Å². The maximum Gasteiger partial charge on any atom is 0.267 e. The van der Waals surface area contributed by atoms with Crippen LogP contribution in [-0.4, -0.2) is 18.0 Å². The van der Waals surface area contributed by atoms with Gasteiger partial charge in [0.05, 0.1) is 28.5 Å². The van der Waals surface area contributed by atoms with Crippen molar-refractivity contribution in [2.45, 2.75) is 6.92 Å². The van der Waals surface area contributed by atoms with E-state index < -0.39 is 0 Å². The average Bonchev–Trinajstić information content (AvgIpc) is 3.22. The summed E-state index contributed by atoms with van der Waals surface area (Å²) in [6.45, 7) is 2.04. The number of benzene rings is 3. The number of fused-ring (bicyclic) bond motifs is 1. The zero-order chi connectivity index (χ0) is 25.4. The van der Waals surface area contributed by atoms with Crippen LogP contribution in [0.5, 0.6) is 5.75 Å². The second-order valence-electron chi connectivity index (χ2n) is 8.26. The van der Waals surface area contributed by atoms with E-state index in [9.17, 15) is 4.79 Å². The molecule has 5 aromatic rings. The normalized spacial score (nSPS) is 11.0. The maximum atomic E-state index is 13.2. The monoisotopic (exact) mass is 533 g/mol. The Hall–Kier alpha value is -3.58. The van der Waals surface area contributed by atoms with E-state index in [4.69, 9.17) is 38.7 Å². The number of ether oxygens (including phenoxy) is 1. The molecule has 0 unspecified atom stereocenters. The Kier molecular flexibility index (Phi) is 6.58. The quantitative estimate of drug-likeness (QED) is 0.239. The highest BCUT2D eigenvalue weighted by Crippen LogP contribution is 2.42. The van der Waals surface area contributed by atoms with Gasteiger partial charge in [-0.3, -0.25) is 4.79 Å². The zero-order valence-corrected chi connectivity index (χ0v) is 21.8. The number of thiophene rings is 1. The van der Waals surface area contributed by atoms with Crippen LogP contribution in [0.3, 0.4) is 0 Å². The van der Waals surface area contributed by atoms with Crippen LogP contribution < -0.4 is 15.8 Å². The topological polar surface area (TPSA) is 77.2 Å². The lowest BCUT2D eigenvalue weighted by molar-refractivity contribution is 0.103. The fourth-order valence-electron chi connectivity index (χ4n) is 3.92. The van der Waals surface area contributed by atoms with E-state index in [0.29, 0.717) is 31.1 Å². The van der Waals surface area contributed by atoms with Crippen LogP contribution in [0.15, 0.2) is 72.8 Å². The van der Waals surface area contributed by atoms with Gasteiger partial charge in [0.15, 0.2) is 0 Å². The number of nitrogens with two attached hydrogens (primary N) is 1. The number of nitrogen functional groups attached to an aromatic ring is 1. The standard InChI is InChI=1S/C28H21Cl2N3O2S/c1-15-3-5-17(6-4-15)23-14-20(16-7-10-19(35-2)11-8-16)24-25(31)26(36-28(24)33-23)27(34)32-18-9-12-21(29)22(30)13-18/h3-14H,31H2,1-2H3,(H,32,34). The van der Waals surface area contributed by atoms with E-state index in [-0.39, 0.29) is 5.91 Å². The summed E-state index contributed by atoms with van der Waals surface area (Å²) in [6, 6.07) is 22.8. The number of methoxy groups -OCH3 is 1. The number of anilines is 2. The van der Waals surface area contributed by atoms with Crippen molar-refractivity contribution in [2.24, 2.45) is 0 Å². The first-order chi connectivity index (χ1) is 17.3. The molecule has 0 fully saturated rings. The van der Waals surface area contributed by atoms with Crippen LogP contribution in [0, 0.1) is 6.92 Å². The number of hydrogen-bond acceptors (Lipinski definition) is 5. The summed E-state index contributed by atoms with van der Waals surface area (Å²) in [6.07, 6.45) is 0.